The maximum absolute atomic E-state index is 12.6. The van der Waals surface area contributed by atoms with Crippen LogP contribution >= 0.6 is 0 Å². The normalized spacial score (nSPS) is 17.9. The van der Waals surface area contributed by atoms with E-state index < -0.39 is 0 Å². The van der Waals surface area contributed by atoms with Crippen molar-refractivity contribution in [1.82, 2.24) is 14.9 Å². The largest absolute Gasteiger partial charge is 0.378 e. The molecule has 0 spiro atoms. The van der Waals surface area contributed by atoms with E-state index >= 15 is 0 Å². The predicted octanol–water partition coefficient (Wildman–Crippen LogP) is 3.28. The molecule has 5 heteroatoms. The number of hydrogen-bond donors (Lipinski definition) is 0. The summed E-state index contributed by atoms with van der Waals surface area (Å²) < 4.78 is 5.74. The van der Waals surface area contributed by atoms with Gasteiger partial charge >= 0.3 is 0 Å². The summed E-state index contributed by atoms with van der Waals surface area (Å²) in [4.78, 5) is 23.5. The number of benzene rings is 1. The molecule has 24 heavy (non-hydrogen) atoms. The molecule has 2 aromatic rings. The first-order chi connectivity index (χ1) is 11.5. The van der Waals surface area contributed by atoms with E-state index in [1.165, 1.54) is 6.42 Å². The lowest BCUT2D eigenvalue weighted by Crippen LogP contribution is -2.31. The molecule has 1 aromatic heterocycles. The van der Waals surface area contributed by atoms with Gasteiger partial charge in [-0.25, -0.2) is 9.97 Å². The maximum atomic E-state index is 12.6. The Hall–Kier alpha value is -2.01. The Balaban J connectivity index is 1.69. The van der Waals surface area contributed by atoms with Crippen molar-refractivity contribution >= 4 is 16.9 Å². The number of fused-ring (bicyclic) bond motifs is 1. The summed E-state index contributed by atoms with van der Waals surface area (Å²) >= 11 is 0. The fourth-order valence-corrected chi connectivity index (χ4v) is 3.06. The molecule has 1 atom stereocenters. The van der Waals surface area contributed by atoms with Crippen LogP contribution in [-0.4, -0.2) is 47.1 Å². The molecule has 1 fully saturated rings. The minimum absolute atomic E-state index is 0.0211. The van der Waals surface area contributed by atoms with Crippen LogP contribution in [0.2, 0.25) is 0 Å². The fourth-order valence-electron chi connectivity index (χ4n) is 3.06. The van der Waals surface area contributed by atoms with Crippen molar-refractivity contribution in [3.8, 4) is 0 Å². The molecule has 0 unspecified atom stereocenters. The molecule has 2 heterocycles. The van der Waals surface area contributed by atoms with Gasteiger partial charge in [0.25, 0.3) is 5.91 Å². The topological polar surface area (TPSA) is 55.3 Å². The SMILES string of the molecule is Cc1nc2ccc(C(=O)N(C)CC[C@H]3CCCCO3)cc2nc1C. The van der Waals surface area contributed by atoms with Crippen LogP contribution in [0, 0.1) is 13.8 Å². The molecule has 0 radical (unpaired) electrons. The van der Waals surface area contributed by atoms with E-state index in [0.717, 1.165) is 48.3 Å². The van der Waals surface area contributed by atoms with Gasteiger partial charge in [0, 0.05) is 25.8 Å². The van der Waals surface area contributed by atoms with E-state index in [4.69, 9.17) is 4.74 Å². The number of carbonyl (C=O) groups is 1. The van der Waals surface area contributed by atoms with Crippen LogP contribution in [-0.2, 0) is 4.74 Å². The first kappa shape index (κ1) is 16.8. The van der Waals surface area contributed by atoms with Crippen LogP contribution in [0.3, 0.4) is 0 Å². The Morgan fingerprint density at radius 2 is 1.96 bits per heavy atom. The number of rotatable bonds is 4. The van der Waals surface area contributed by atoms with Crippen molar-refractivity contribution in [1.29, 1.82) is 0 Å². The number of aromatic nitrogens is 2. The molecule has 128 valence electrons. The Morgan fingerprint density at radius 3 is 2.67 bits per heavy atom. The van der Waals surface area contributed by atoms with Crippen LogP contribution in [0.25, 0.3) is 11.0 Å². The van der Waals surface area contributed by atoms with Crippen molar-refractivity contribution in [3.05, 3.63) is 35.2 Å². The fraction of sp³-hybridized carbons (Fsp3) is 0.526. The number of aryl methyl sites for hydroxylation is 2. The van der Waals surface area contributed by atoms with Gasteiger partial charge in [-0.1, -0.05) is 0 Å². The predicted molar refractivity (Wildman–Crippen MR) is 94.2 cm³/mol. The molecule has 1 saturated heterocycles. The Morgan fingerprint density at radius 1 is 1.21 bits per heavy atom. The van der Waals surface area contributed by atoms with Crippen molar-refractivity contribution in [2.24, 2.45) is 0 Å². The smallest absolute Gasteiger partial charge is 0.253 e. The molecule has 1 aliphatic rings. The lowest BCUT2D eigenvalue weighted by atomic mass is 10.1. The van der Waals surface area contributed by atoms with E-state index in [-0.39, 0.29) is 5.91 Å². The van der Waals surface area contributed by atoms with E-state index in [2.05, 4.69) is 9.97 Å². The quantitative estimate of drug-likeness (QED) is 0.865. The molecular formula is C19H25N3O2. The van der Waals surface area contributed by atoms with E-state index in [0.29, 0.717) is 18.2 Å². The van der Waals surface area contributed by atoms with E-state index in [1.807, 2.05) is 39.1 Å². The molecule has 1 aliphatic heterocycles. The molecule has 1 aromatic carbocycles. The highest BCUT2D eigenvalue weighted by molar-refractivity contribution is 5.97. The summed E-state index contributed by atoms with van der Waals surface area (Å²) in [6.45, 7) is 5.44. The second-order valence-corrected chi connectivity index (χ2v) is 6.60. The van der Waals surface area contributed by atoms with Crippen LogP contribution in [0.15, 0.2) is 18.2 Å². The van der Waals surface area contributed by atoms with Crippen molar-refractivity contribution < 1.29 is 9.53 Å². The number of amides is 1. The van der Waals surface area contributed by atoms with Gasteiger partial charge < -0.3 is 9.64 Å². The van der Waals surface area contributed by atoms with Gasteiger partial charge in [0.05, 0.1) is 28.5 Å². The zero-order valence-corrected chi connectivity index (χ0v) is 14.7. The Labute approximate surface area is 143 Å². The molecule has 0 N–H and O–H groups in total. The van der Waals surface area contributed by atoms with Crippen molar-refractivity contribution in [3.63, 3.8) is 0 Å². The van der Waals surface area contributed by atoms with Gasteiger partial charge in [0.1, 0.15) is 0 Å². The molecule has 5 nitrogen and oxygen atoms in total. The molecular weight excluding hydrogens is 302 g/mol. The minimum Gasteiger partial charge on any atom is -0.378 e. The molecule has 1 amide bonds. The van der Waals surface area contributed by atoms with Gasteiger partial charge in [0.15, 0.2) is 0 Å². The minimum atomic E-state index is 0.0211. The second kappa shape index (κ2) is 7.26. The molecule has 0 bridgehead atoms. The summed E-state index contributed by atoms with van der Waals surface area (Å²) in [5, 5.41) is 0. The lowest BCUT2D eigenvalue weighted by molar-refractivity contribution is 0.00709. The van der Waals surface area contributed by atoms with Gasteiger partial charge in [-0.05, 0) is 57.7 Å². The number of hydrogen-bond acceptors (Lipinski definition) is 4. The maximum Gasteiger partial charge on any atom is 0.253 e. The molecule has 0 saturated carbocycles. The van der Waals surface area contributed by atoms with E-state index in [1.54, 1.807) is 4.90 Å². The lowest BCUT2D eigenvalue weighted by Gasteiger charge is -2.25. The highest BCUT2D eigenvalue weighted by atomic mass is 16.5. The highest BCUT2D eigenvalue weighted by Crippen LogP contribution is 2.18. The van der Waals surface area contributed by atoms with Crippen LogP contribution in [0.1, 0.15) is 47.4 Å². The summed E-state index contributed by atoms with van der Waals surface area (Å²) in [6, 6.07) is 5.55. The third-order valence-electron chi connectivity index (χ3n) is 4.73. The van der Waals surface area contributed by atoms with Crippen molar-refractivity contribution in [2.75, 3.05) is 20.2 Å². The third kappa shape index (κ3) is 3.73. The monoisotopic (exact) mass is 327 g/mol. The second-order valence-electron chi connectivity index (χ2n) is 6.60. The van der Waals surface area contributed by atoms with Gasteiger partial charge in [-0.15, -0.1) is 0 Å². The zero-order chi connectivity index (χ0) is 17.1. The van der Waals surface area contributed by atoms with Crippen LogP contribution in [0.4, 0.5) is 0 Å². The summed E-state index contributed by atoms with van der Waals surface area (Å²) in [7, 11) is 1.85. The van der Waals surface area contributed by atoms with Crippen molar-refractivity contribution in [2.45, 2.75) is 45.6 Å². The highest BCUT2D eigenvalue weighted by Gasteiger charge is 2.17. The summed E-state index contributed by atoms with van der Waals surface area (Å²) in [5.41, 5.74) is 4.08. The van der Waals surface area contributed by atoms with Crippen LogP contribution in [0.5, 0.6) is 0 Å². The summed E-state index contributed by atoms with van der Waals surface area (Å²) in [5.74, 6) is 0.0211. The molecule has 3 rings (SSSR count). The third-order valence-corrected chi connectivity index (χ3v) is 4.73. The standard InChI is InChI=1S/C19H25N3O2/c1-13-14(2)21-18-12-15(7-8-17(18)20-13)19(23)22(3)10-9-16-6-4-5-11-24-16/h7-8,12,16H,4-6,9-11H2,1-3H3/t16-/m1/s1. The summed E-state index contributed by atoms with van der Waals surface area (Å²) in [6.07, 6.45) is 4.68. The Bertz CT molecular complexity index is 739. The first-order valence-corrected chi connectivity index (χ1v) is 8.66. The number of nitrogens with zero attached hydrogens (tertiary/aromatic N) is 3. The number of ether oxygens (including phenoxy) is 1. The molecule has 0 aliphatic carbocycles. The number of carbonyl (C=O) groups excluding carboxylic acids is 1. The average molecular weight is 327 g/mol. The van der Waals surface area contributed by atoms with Gasteiger partial charge in [-0.3, -0.25) is 4.79 Å². The zero-order valence-electron chi connectivity index (χ0n) is 14.7. The van der Waals surface area contributed by atoms with Gasteiger partial charge in [0.2, 0.25) is 0 Å². The van der Waals surface area contributed by atoms with Crippen LogP contribution < -0.4 is 0 Å². The first-order valence-electron chi connectivity index (χ1n) is 8.66. The Kier molecular flexibility index (Phi) is 5.09. The average Bonchev–Trinajstić information content (AvgIpc) is 2.60. The van der Waals surface area contributed by atoms with Gasteiger partial charge in [-0.2, -0.15) is 0 Å². The van der Waals surface area contributed by atoms with E-state index in [9.17, 15) is 4.79 Å².